The molecule has 0 unspecified atom stereocenters. The van der Waals surface area contributed by atoms with Crippen molar-refractivity contribution in [1.82, 2.24) is 10.2 Å². The van der Waals surface area contributed by atoms with Crippen LogP contribution in [0.5, 0.6) is 0 Å². The third-order valence-electron chi connectivity index (χ3n) is 3.30. The van der Waals surface area contributed by atoms with E-state index in [9.17, 15) is 0 Å². The molecule has 1 saturated carbocycles. The van der Waals surface area contributed by atoms with Gasteiger partial charge in [0.25, 0.3) is 0 Å². The molecule has 2 heteroatoms. The second kappa shape index (κ2) is 7.08. The Bertz CT molecular complexity index is 205. The molecule has 0 amide bonds. The zero-order valence-electron chi connectivity index (χ0n) is 11.3. The van der Waals surface area contributed by atoms with Crippen LogP contribution in [-0.4, -0.2) is 37.6 Å². The van der Waals surface area contributed by atoms with Crippen molar-refractivity contribution in [2.24, 2.45) is 5.92 Å². The van der Waals surface area contributed by atoms with Gasteiger partial charge in [0, 0.05) is 25.7 Å². The lowest BCUT2D eigenvalue weighted by molar-refractivity contribution is 0.295. The van der Waals surface area contributed by atoms with E-state index in [1.807, 2.05) is 0 Å². The van der Waals surface area contributed by atoms with Gasteiger partial charge in [-0.15, -0.1) is 0 Å². The fourth-order valence-electron chi connectivity index (χ4n) is 2.48. The average molecular weight is 224 g/mol. The molecular weight excluding hydrogens is 196 g/mol. The highest BCUT2D eigenvalue weighted by molar-refractivity contribution is 4.99. The minimum absolute atomic E-state index is 0.553. The van der Waals surface area contributed by atoms with E-state index >= 15 is 0 Å². The van der Waals surface area contributed by atoms with Crippen LogP contribution in [0.25, 0.3) is 0 Å². The van der Waals surface area contributed by atoms with Crippen LogP contribution in [0.3, 0.4) is 0 Å². The van der Waals surface area contributed by atoms with Gasteiger partial charge < -0.3 is 10.2 Å². The van der Waals surface area contributed by atoms with Gasteiger partial charge in [0.15, 0.2) is 0 Å². The molecule has 0 aromatic rings. The van der Waals surface area contributed by atoms with Crippen LogP contribution < -0.4 is 5.32 Å². The average Bonchev–Trinajstić information content (AvgIpc) is 2.67. The van der Waals surface area contributed by atoms with E-state index in [0.29, 0.717) is 6.04 Å². The lowest BCUT2D eigenvalue weighted by atomic mass is 10.1. The number of hydrogen-bond donors (Lipinski definition) is 1. The first-order valence-corrected chi connectivity index (χ1v) is 6.66. The molecule has 0 aliphatic heterocycles. The Morgan fingerprint density at radius 3 is 2.56 bits per heavy atom. The molecule has 16 heavy (non-hydrogen) atoms. The molecule has 0 saturated heterocycles. The van der Waals surface area contributed by atoms with E-state index in [1.165, 1.54) is 37.8 Å². The van der Waals surface area contributed by atoms with Crippen LogP contribution in [-0.2, 0) is 0 Å². The second-order valence-corrected chi connectivity index (χ2v) is 5.63. The van der Waals surface area contributed by atoms with Gasteiger partial charge in [0.05, 0.1) is 0 Å². The third-order valence-corrected chi connectivity index (χ3v) is 3.30. The summed E-state index contributed by atoms with van der Waals surface area (Å²) < 4.78 is 0. The summed E-state index contributed by atoms with van der Waals surface area (Å²) in [6.45, 7) is 11.7. The predicted molar refractivity (Wildman–Crippen MR) is 71.7 cm³/mol. The van der Waals surface area contributed by atoms with Crippen molar-refractivity contribution in [3.05, 3.63) is 12.2 Å². The van der Waals surface area contributed by atoms with Crippen LogP contribution in [0.2, 0.25) is 0 Å². The first-order valence-electron chi connectivity index (χ1n) is 6.66. The zero-order chi connectivity index (χ0) is 12.0. The zero-order valence-corrected chi connectivity index (χ0v) is 11.3. The summed E-state index contributed by atoms with van der Waals surface area (Å²) in [5.41, 5.74) is 1.30. The number of hydrogen-bond acceptors (Lipinski definition) is 2. The normalized spacial score (nSPS) is 17.6. The van der Waals surface area contributed by atoms with E-state index in [4.69, 9.17) is 0 Å². The first kappa shape index (κ1) is 13.7. The lowest BCUT2D eigenvalue weighted by Gasteiger charge is -2.22. The minimum Gasteiger partial charge on any atom is -0.311 e. The van der Waals surface area contributed by atoms with Gasteiger partial charge in [0.2, 0.25) is 0 Å². The van der Waals surface area contributed by atoms with Gasteiger partial charge in [-0.25, -0.2) is 0 Å². The van der Waals surface area contributed by atoms with Gasteiger partial charge in [-0.05, 0) is 31.4 Å². The summed E-state index contributed by atoms with van der Waals surface area (Å²) in [6.07, 6.45) is 5.74. The summed E-state index contributed by atoms with van der Waals surface area (Å²) in [4.78, 5) is 2.43. The van der Waals surface area contributed by atoms with Gasteiger partial charge >= 0.3 is 0 Å². The Morgan fingerprint density at radius 1 is 1.38 bits per heavy atom. The predicted octanol–water partition coefficient (Wildman–Crippen LogP) is 2.66. The number of likely N-dealkylation sites (N-methyl/N-ethyl adjacent to an activating group) is 1. The summed E-state index contributed by atoms with van der Waals surface area (Å²) in [5, 5.41) is 3.42. The standard InChI is InChI=1S/C14H28N2/c1-12(2)15-9-13(3)10-16(4)11-14-7-5-6-8-14/h12,14-15H,3,5-11H2,1-2,4H3. The van der Waals surface area contributed by atoms with E-state index in [2.05, 4.69) is 37.7 Å². The summed E-state index contributed by atoms with van der Waals surface area (Å²) in [7, 11) is 2.22. The van der Waals surface area contributed by atoms with Crippen LogP contribution in [0.15, 0.2) is 12.2 Å². The molecule has 94 valence electrons. The maximum Gasteiger partial charge on any atom is 0.0199 e. The van der Waals surface area contributed by atoms with E-state index in [0.717, 1.165) is 19.0 Å². The molecule has 0 atom stereocenters. The van der Waals surface area contributed by atoms with Crippen molar-refractivity contribution in [3.63, 3.8) is 0 Å². The maximum atomic E-state index is 4.14. The largest absolute Gasteiger partial charge is 0.311 e. The molecule has 2 nitrogen and oxygen atoms in total. The Hall–Kier alpha value is -0.340. The van der Waals surface area contributed by atoms with Crippen LogP contribution in [0.4, 0.5) is 0 Å². The molecular formula is C14H28N2. The summed E-state index contributed by atoms with van der Waals surface area (Å²) in [6, 6.07) is 0.553. The Morgan fingerprint density at radius 2 is 2.00 bits per heavy atom. The molecule has 1 fully saturated rings. The molecule has 0 heterocycles. The highest BCUT2D eigenvalue weighted by Crippen LogP contribution is 2.25. The molecule has 0 aromatic carbocycles. The highest BCUT2D eigenvalue weighted by Gasteiger charge is 2.16. The molecule has 0 bridgehead atoms. The molecule has 0 spiro atoms. The van der Waals surface area contributed by atoms with E-state index in [1.54, 1.807) is 0 Å². The molecule has 1 aliphatic rings. The first-order chi connectivity index (χ1) is 7.58. The van der Waals surface area contributed by atoms with Crippen molar-refractivity contribution < 1.29 is 0 Å². The molecule has 0 aromatic heterocycles. The highest BCUT2D eigenvalue weighted by atomic mass is 15.1. The minimum atomic E-state index is 0.553. The monoisotopic (exact) mass is 224 g/mol. The van der Waals surface area contributed by atoms with Gasteiger partial charge in [0.1, 0.15) is 0 Å². The van der Waals surface area contributed by atoms with Gasteiger partial charge in [-0.2, -0.15) is 0 Å². The maximum absolute atomic E-state index is 4.14. The summed E-state index contributed by atoms with van der Waals surface area (Å²) in [5.74, 6) is 0.941. The smallest absolute Gasteiger partial charge is 0.0199 e. The Balaban J connectivity index is 2.12. The molecule has 1 aliphatic carbocycles. The molecule has 1 N–H and O–H groups in total. The fourth-order valence-corrected chi connectivity index (χ4v) is 2.48. The Kier molecular flexibility index (Phi) is 6.07. The Labute approximate surface area is 101 Å². The van der Waals surface area contributed by atoms with Crippen LogP contribution in [0, 0.1) is 5.92 Å². The number of nitrogens with zero attached hydrogens (tertiary/aromatic N) is 1. The second-order valence-electron chi connectivity index (χ2n) is 5.63. The van der Waals surface area contributed by atoms with Crippen LogP contribution >= 0.6 is 0 Å². The third kappa shape index (κ3) is 5.66. The quantitative estimate of drug-likeness (QED) is 0.669. The molecule has 1 rings (SSSR count). The van der Waals surface area contributed by atoms with Crippen LogP contribution in [0.1, 0.15) is 39.5 Å². The van der Waals surface area contributed by atoms with E-state index < -0.39 is 0 Å². The topological polar surface area (TPSA) is 15.3 Å². The van der Waals surface area contributed by atoms with Crippen molar-refractivity contribution in [2.45, 2.75) is 45.6 Å². The fraction of sp³-hybridized carbons (Fsp3) is 0.857. The lowest BCUT2D eigenvalue weighted by Crippen LogP contribution is -2.31. The van der Waals surface area contributed by atoms with Crippen molar-refractivity contribution in [1.29, 1.82) is 0 Å². The molecule has 0 radical (unpaired) electrons. The van der Waals surface area contributed by atoms with Gasteiger partial charge in [-0.3, -0.25) is 0 Å². The summed E-state index contributed by atoms with van der Waals surface area (Å²) >= 11 is 0. The van der Waals surface area contributed by atoms with E-state index in [-0.39, 0.29) is 0 Å². The van der Waals surface area contributed by atoms with Crippen molar-refractivity contribution >= 4 is 0 Å². The SMILES string of the molecule is C=C(CNC(C)C)CN(C)CC1CCCC1. The van der Waals surface area contributed by atoms with Crippen molar-refractivity contribution in [3.8, 4) is 0 Å². The number of rotatable bonds is 7. The number of nitrogens with one attached hydrogen (secondary N) is 1. The van der Waals surface area contributed by atoms with Gasteiger partial charge in [-0.1, -0.05) is 33.3 Å². The van der Waals surface area contributed by atoms with Crippen molar-refractivity contribution in [2.75, 3.05) is 26.7 Å².